The van der Waals surface area contributed by atoms with Crippen molar-refractivity contribution in [1.82, 2.24) is 14.8 Å². The van der Waals surface area contributed by atoms with Crippen LogP contribution in [0, 0.1) is 19.7 Å². The van der Waals surface area contributed by atoms with Crippen LogP contribution >= 0.6 is 0 Å². The van der Waals surface area contributed by atoms with E-state index < -0.39 is 23.4 Å². The van der Waals surface area contributed by atoms with Gasteiger partial charge in [0.05, 0.1) is 17.5 Å². The van der Waals surface area contributed by atoms with Crippen molar-refractivity contribution in [3.8, 4) is 0 Å². The summed E-state index contributed by atoms with van der Waals surface area (Å²) in [5.74, 6) is -1.54. The van der Waals surface area contributed by atoms with Gasteiger partial charge in [0, 0.05) is 44.0 Å². The van der Waals surface area contributed by atoms with Crippen LogP contribution in [0.3, 0.4) is 0 Å². The van der Waals surface area contributed by atoms with Crippen molar-refractivity contribution < 1.29 is 23.9 Å². The number of halogens is 1. The van der Waals surface area contributed by atoms with Crippen molar-refractivity contribution >= 4 is 41.1 Å². The number of rotatable bonds is 7. The SMILES string of the molecule is CC.CNC(=O)c1c(N(C=O)c2cccc(C(=O)N3CCC(O)C3)c2)c(C)c(=O)n(C)c1Nc1ccc(C)cc1F. The topological polar surface area (TPSA) is 124 Å². The maximum Gasteiger partial charge on any atom is 0.256 e. The molecule has 2 heterocycles. The molecule has 218 valence electrons. The van der Waals surface area contributed by atoms with Crippen LogP contribution < -0.4 is 21.1 Å². The van der Waals surface area contributed by atoms with Gasteiger partial charge in [0.1, 0.15) is 17.2 Å². The highest BCUT2D eigenvalue weighted by Crippen LogP contribution is 2.35. The molecule has 1 aliphatic rings. The lowest BCUT2D eigenvalue weighted by Gasteiger charge is -2.26. The van der Waals surface area contributed by atoms with E-state index in [0.29, 0.717) is 24.9 Å². The second kappa shape index (κ2) is 13.2. The molecule has 0 bridgehead atoms. The van der Waals surface area contributed by atoms with Crippen LogP contribution in [0.25, 0.3) is 0 Å². The molecular weight excluding hydrogens is 529 g/mol. The maximum atomic E-state index is 14.8. The van der Waals surface area contributed by atoms with Gasteiger partial charge in [-0.1, -0.05) is 26.0 Å². The summed E-state index contributed by atoms with van der Waals surface area (Å²) < 4.78 is 15.9. The molecule has 3 N–H and O–H groups in total. The zero-order valence-corrected chi connectivity index (χ0v) is 24.1. The number of β-amino-alcohol motifs (C(OH)–C–C–N with tert-alkyl or cyclic N) is 1. The number of likely N-dealkylation sites (tertiary alicyclic amines) is 1. The second-order valence-corrected chi connectivity index (χ2v) is 9.47. The Labute approximate surface area is 238 Å². The number of hydrogen-bond donors (Lipinski definition) is 3. The summed E-state index contributed by atoms with van der Waals surface area (Å²) >= 11 is 0. The normalized spacial score (nSPS) is 14.1. The molecule has 0 radical (unpaired) electrons. The van der Waals surface area contributed by atoms with E-state index in [0.717, 1.165) is 4.90 Å². The first kappa shape index (κ1) is 31.0. The zero-order chi connectivity index (χ0) is 30.4. The van der Waals surface area contributed by atoms with E-state index in [9.17, 15) is 28.7 Å². The van der Waals surface area contributed by atoms with Gasteiger partial charge in [-0.3, -0.25) is 28.6 Å². The van der Waals surface area contributed by atoms with Gasteiger partial charge < -0.3 is 20.6 Å². The molecule has 2 aromatic carbocycles. The molecule has 3 aromatic rings. The summed E-state index contributed by atoms with van der Waals surface area (Å²) in [5.41, 5.74) is 0.741. The number of carbonyl (C=O) groups excluding carboxylic acids is 3. The summed E-state index contributed by atoms with van der Waals surface area (Å²) in [6.45, 7) is 7.83. The second-order valence-electron chi connectivity index (χ2n) is 9.47. The van der Waals surface area contributed by atoms with Gasteiger partial charge in [-0.05, 0) is 56.2 Å². The van der Waals surface area contributed by atoms with Crippen molar-refractivity contribution in [1.29, 1.82) is 0 Å². The third-order valence-electron chi connectivity index (χ3n) is 6.79. The number of carbonyl (C=O) groups is 3. The molecule has 1 saturated heterocycles. The predicted octanol–water partition coefficient (Wildman–Crippen LogP) is 3.77. The molecule has 0 saturated carbocycles. The van der Waals surface area contributed by atoms with E-state index >= 15 is 0 Å². The summed E-state index contributed by atoms with van der Waals surface area (Å²) in [6.07, 6.45) is 0.338. The summed E-state index contributed by atoms with van der Waals surface area (Å²) in [4.78, 5) is 54.8. The fraction of sp³-hybridized carbons (Fsp3) is 0.333. The van der Waals surface area contributed by atoms with E-state index in [1.165, 1.54) is 48.7 Å². The highest BCUT2D eigenvalue weighted by molar-refractivity contribution is 6.09. The number of aryl methyl sites for hydroxylation is 1. The lowest BCUT2D eigenvalue weighted by molar-refractivity contribution is -0.106. The smallest absolute Gasteiger partial charge is 0.256 e. The van der Waals surface area contributed by atoms with Crippen LogP contribution in [0.15, 0.2) is 47.3 Å². The minimum absolute atomic E-state index is 0.0105. The Morgan fingerprint density at radius 3 is 2.44 bits per heavy atom. The number of nitrogens with zero attached hydrogens (tertiary/aromatic N) is 3. The van der Waals surface area contributed by atoms with Crippen LogP contribution in [0.5, 0.6) is 0 Å². The van der Waals surface area contributed by atoms with E-state index in [1.807, 2.05) is 13.8 Å². The largest absolute Gasteiger partial charge is 0.391 e. The van der Waals surface area contributed by atoms with Gasteiger partial charge >= 0.3 is 0 Å². The fourth-order valence-corrected chi connectivity index (χ4v) is 4.70. The van der Waals surface area contributed by atoms with E-state index in [2.05, 4.69) is 10.6 Å². The Morgan fingerprint density at radius 2 is 1.85 bits per heavy atom. The van der Waals surface area contributed by atoms with Crippen molar-refractivity contribution in [2.75, 3.05) is 30.4 Å². The first-order chi connectivity index (χ1) is 19.6. The molecule has 0 spiro atoms. The average Bonchev–Trinajstić information content (AvgIpc) is 3.42. The van der Waals surface area contributed by atoms with Crippen LogP contribution in [0.2, 0.25) is 0 Å². The van der Waals surface area contributed by atoms with E-state index in [4.69, 9.17) is 0 Å². The molecule has 0 aliphatic carbocycles. The molecule has 10 nitrogen and oxygen atoms in total. The first-order valence-corrected chi connectivity index (χ1v) is 13.4. The highest BCUT2D eigenvalue weighted by Gasteiger charge is 2.29. The Morgan fingerprint density at radius 1 is 1.15 bits per heavy atom. The number of aliphatic hydroxyl groups excluding tert-OH is 1. The average molecular weight is 566 g/mol. The highest BCUT2D eigenvalue weighted by atomic mass is 19.1. The molecule has 1 unspecified atom stereocenters. The predicted molar refractivity (Wildman–Crippen MR) is 157 cm³/mol. The Bertz CT molecular complexity index is 1520. The molecule has 3 amide bonds. The molecule has 11 heteroatoms. The minimum atomic E-state index is -0.621. The molecular formula is C30H36FN5O5. The number of aliphatic hydroxyl groups is 1. The van der Waals surface area contributed by atoms with Gasteiger partial charge in [-0.15, -0.1) is 0 Å². The number of hydrogen-bond acceptors (Lipinski definition) is 6. The van der Waals surface area contributed by atoms with Crippen LogP contribution in [0.1, 0.15) is 52.1 Å². The molecule has 4 rings (SSSR count). The van der Waals surface area contributed by atoms with Gasteiger partial charge in [0.15, 0.2) is 0 Å². The van der Waals surface area contributed by atoms with Gasteiger partial charge in [-0.2, -0.15) is 0 Å². The van der Waals surface area contributed by atoms with E-state index in [1.54, 1.807) is 31.2 Å². The van der Waals surface area contributed by atoms with Gasteiger partial charge in [0.2, 0.25) is 6.41 Å². The number of benzene rings is 2. The monoisotopic (exact) mass is 565 g/mol. The lowest BCUT2D eigenvalue weighted by atomic mass is 10.1. The fourth-order valence-electron chi connectivity index (χ4n) is 4.70. The van der Waals surface area contributed by atoms with Crippen LogP contribution in [0.4, 0.5) is 27.3 Å². The Kier molecular flexibility index (Phi) is 10.0. The van der Waals surface area contributed by atoms with Crippen molar-refractivity contribution in [3.63, 3.8) is 0 Å². The van der Waals surface area contributed by atoms with Crippen LogP contribution in [-0.2, 0) is 11.8 Å². The maximum absolute atomic E-state index is 14.8. The van der Waals surface area contributed by atoms with Crippen molar-refractivity contribution in [3.05, 3.63) is 80.9 Å². The quantitative estimate of drug-likeness (QED) is 0.375. The molecule has 1 fully saturated rings. The summed E-state index contributed by atoms with van der Waals surface area (Å²) in [5, 5.41) is 15.2. The molecule has 1 aromatic heterocycles. The third kappa shape index (κ3) is 6.30. The summed E-state index contributed by atoms with van der Waals surface area (Å²) in [7, 11) is 2.84. The van der Waals surface area contributed by atoms with Gasteiger partial charge in [0.25, 0.3) is 17.4 Å². The lowest BCUT2D eigenvalue weighted by Crippen LogP contribution is -2.33. The molecule has 1 aliphatic heterocycles. The Hall–Kier alpha value is -4.51. The van der Waals surface area contributed by atoms with Crippen molar-refractivity contribution in [2.45, 2.75) is 40.2 Å². The molecule has 41 heavy (non-hydrogen) atoms. The summed E-state index contributed by atoms with van der Waals surface area (Å²) in [6, 6.07) is 10.7. The van der Waals surface area contributed by atoms with E-state index in [-0.39, 0.29) is 52.0 Å². The van der Waals surface area contributed by atoms with Crippen LogP contribution in [-0.4, -0.2) is 59.0 Å². The number of anilines is 4. The van der Waals surface area contributed by atoms with Crippen molar-refractivity contribution in [2.24, 2.45) is 7.05 Å². The standard InChI is InChI=1S/C28H30FN5O5.C2H6/c1-16-8-9-22(21(29)12-16)31-25-23(26(37)30-3)24(17(2)27(38)32(25)4)34(15-35)19-7-5-6-18(13-19)28(39)33-11-10-20(36)14-33;1-2/h5-9,12-13,15,20,31,36H,10-11,14H2,1-4H3,(H,30,37);1-2H3. The number of nitrogens with one attached hydrogen (secondary N) is 2. The number of aromatic nitrogens is 1. The number of pyridine rings is 1. The van der Waals surface area contributed by atoms with Gasteiger partial charge in [-0.25, -0.2) is 4.39 Å². The molecule has 1 atom stereocenters. The zero-order valence-electron chi connectivity index (χ0n) is 24.1. The third-order valence-corrected chi connectivity index (χ3v) is 6.79. The minimum Gasteiger partial charge on any atom is -0.391 e. The number of amides is 3. The Balaban J connectivity index is 0.00000226. The first-order valence-electron chi connectivity index (χ1n) is 13.4.